The van der Waals surface area contributed by atoms with Crippen LogP contribution in [0.25, 0.3) is 0 Å². The SMILES string of the molecule is COC(=O)NC1CC1c1ccccc1OC(=O)OC(C)(C)C. The molecule has 120 valence electrons. The van der Waals surface area contributed by atoms with Gasteiger partial charge in [-0.15, -0.1) is 0 Å². The second kappa shape index (κ2) is 6.25. The van der Waals surface area contributed by atoms with Crippen molar-refractivity contribution >= 4 is 12.2 Å². The van der Waals surface area contributed by atoms with Gasteiger partial charge >= 0.3 is 12.2 Å². The summed E-state index contributed by atoms with van der Waals surface area (Å²) in [6.45, 7) is 5.33. The molecule has 6 heteroatoms. The quantitative estimate of drug-likeness (QED) is 0.685. The van der Waals surface area contributed by atoms with Crippen molar-refractivity contribution in [3.63, 3.8) is 0 Å². The minimum atomic E-state index is -0.738. The highest BCUT2D eigenvalue weighted by Crippen LogP contribution is 2.44. The number of carbonyl (C=O) groups excluding carboxylic acids is 2. The Morgan fingerprint density at radius 2 is 1.91 bits per heavy atom. The fourth-order valence-electron chi connectivity index (χ4n) is 2.15. The highest BCUT2D eigenvalue weighted by atomic mass is 16.7. The number of alkyl carbamates (subject to hydrolysis) is 1. The maximum atomic E-state index is 11.8. The molecule has 1 aliphatic carbocycles. The molecule has 0 heterocycles. The monoisotopic (exact) mass is 307 g/mol. The van der Waals surface area contributed by atoms with Gasteiger partial charge in [-0.2, -0.15) is 0 Å². The van der Waals surface area contributed by atoms with E-state index < -0.39 is 17.8 Å². The van der Waals surface area contributed by atoms with Crippen molar-refractivity contribution in [1.29, 1.82) is 0 Å². The van der Waals surface area contributed by atoms with Gasteiger partial charge in [-0.1, -0.05) is 18.2 Å². The molecule has 22 heavy (non-hydrogen) atoms. The number of carbonyl (C=O) groups is 2. The van der Waals surface area contributed by atoms with Gasteiger partial charge in [-0.05, 0) is 33.3 Å². The molecule has 1 aromatic carbocycles. The van der Waals surface area contributed by atoms with Crippen LogP contribution in [0.3, 0.4) is 0 Å². The van der Waals surface area contributed by atoms with E-state index >= 15 is 0 Å². The number of ether oxygens (including phenoxy) is 3. The van der Waals surface area contributed by atoms with E-state index in [9.17, 15) is 9.59 Å². The lowest BCUT2D eigenvalue weighted by Gasteiger charge is -2.19. The summed E-state index contributed by atoms with van der Waals surface area (Å²) in [5, 5.41) is 2.74. The molecule has 2 unspecified atom stereocenters. The third kappa shape index (κ3) is 4.38. The Kier molecular flexibility index (Phi) is 4.59. The number of benzene rings is 1. The average Bonchev–Trinajstić information content (AvgIpc) is 3.16. The summed E-state index contributed by atoms with van der Waals surface area (Å²) in [4.78, 5) is 23.0. The lowest BCUT2D eigenvalue weighted by atomic mass is 10.1. The molecule has 1 amide bonds. The molecule has 0 aromatic heterocycles. The molecule has 1 aromatic rings. The van der Waals surface area contributed by atoms with Crippen LogP contribution in [0.2, 0.25) is 0 Å². The summed E-state index contributed by atoms with van der Waals surface area (Å²) < 4.78 is 15.0. The normalized spacial score (nSPS) is 20.0. The number of methoxy groups -OCH3 is 1. The lowest BCUT2D eigenvalue weighted by molar-refractivity contribution is 0.0204. The molecule has 1 N–H and O–H groups in total. The maximum Gasteiger partial charge on any atom is 0.514 e. The third-order valence-corrected chi connectivity index (χ3v) is 3.18. The van der Waals surface area contributed by atoms with E-state index in [1.165, 1.54) is 7.11 Å². The zero-order valence-electron chi connectivity index (χ0n) is 13.2. The second-order valence-corrected chi connectivity index (χ2v) is 6.19. The number of hydrogen-bond donors (Lipinski definition) is 1. The van der Waals surface area contributed by atoms with Crippen molar-refractivity contribution in [2.24, 2.45) is 0 Å². The molecule has 2 rings (SSSR count). The molecule has 0 spiro atoms. The number of hydrogen-bond acceptors (Lipinski definition) is 5. The number of rotatable bonds is 3. The van der Waals surface area contributed by atoms with Crippen molar-refractivity contribution in [1.82, 2.24) is 5.32 Å². The van der Waals surface area contributed by atoms with Gasteiger partial charge in [0.1, 0.15) is 11.4 Å². The number of nitrogens with one attached hydrogen (secondary N) is 1. The fourth-order valence-corrected chi connectivity index (χ4v) is 2.15. The molecule has 6 nitrogen and oxygen atoms in total. The Hall–Kier alpha value is -2.24. The first kappa shape index (κ1) is 16.1. The Morgan fingerprint density at radius 1 is 1.23 bits per heavy atom. The topological polar surface area (TPSA) is 73.9 Å². The maximum absolute atomic E-state index is 11.8. The Balaban J connectivity index is 2.03. The minimum Gasteiger partial charge on any atom is -0.453 e. The first-order valence-electron chi connectivity index (χ1n) is 7.14. The highest BCUT2D eigenvalue weighted by Gasteiger charge is 2.41. The molecule has 0 radical (unpaired) electrons. The standard InChI is InChI=1S/C16H21NO5/c1-16(2,3)22-15(19)21-13-8-6-5-7-10(13)11-9-12(11)17-14(18)20-4/h5-8,11-12H,9H2,1-4H3,(H,17,18). The van der Waals surface area contributed by atoms with E-state index in [1.54, 1.807) is 32.9 Å². The van der Waals surface area contributed by atoms with Gasteiger partial charge in [-0.25, -0.2) is 9.59 Å². The van der Waals surface area contributed by atoms with Crippen LogP contribution in [0.4, 0.5) is 9.59 Å². The number of para-hydroxylation sites is 1. The predicted octanol–water partition coefficient (Wildman–Crippen LogP) is 3.21. The van der Waals surface area contributed by atoms with Crippen molar-refractivity contribution in [3.8, 4) is 5.75 Å². The average molecular weight is 307 g/mol. The Labute approximate surface area is 129 Å². The van der Waals surface area contributed by atoms with Gasteiger partial charge < -0.3 is 19.5 Å². The molecule has 0 saturated heterocycles. The van der Waals surface area contributed by atoms with Crippen LogP contribution in [-0.2, 0) is 9.47 Å². The number of amides is 1. The van der Waals surface area contributed by atoms with Crippen LogP contribution in [0, 0.1) is 0 Å². The first-order chi connectivity index (χ1) is 10.3. The van der Waals surface area contributed by atoms with Crippen molar-refractivity contribution < 1.29 is 23.8 Å². The Bertz CT molecular complexity index is 564. The van der Waals surface area contributed by atoms with Crippen LogP contribution in [0.15, 0.2) is 24.3 Å². The molecule has 1 fully saturated rings. The van der Waals surface area contributed by atoms with E-state index in [4.69, 9.17) is 9.47 Å². The van der Waals surface area contributed by atoms with Gasteiger partial charge in [0.25, 0.3) is 0 Å². The minimum absolute atomic E-state index is 0.00386. The summed E-state index contributed by atoms with van der Waals surface area (Å²) >= 11 is 0. The summed E-state index contributed by atoms with van der Waals surface area (Å²) in [6, 6.07) is 7.24. The van der Waals surface area contributed by atoms with Crippen LogP contribution in [0.1, 0.15) is 38.7 Å². The summed E-state index contributed by atoms with van der Waals surface area (Å²) in [7, 11) is 1.33. The largest absolute Gasteiger partial charge is 0.514 e. The van der Waals surface area contributed by atoms with Crippen molar-refractivity contribution in [2.75, 3.05) is 7.11 Å². The summed E-state index contributed by atoms with van der Waals surface area (Å²) in [5.41, 5.74) is 0.260. The summed E-state index contributed by atoms with van der Waals surface area (Å²) in [5.74, 6) is 0.564. The molecule has 0 bridgehead atoms. The van der Waals surface area contributed by atoms with Crippen LogP contribution in [-0.4, -0.2) is 31.0 Å². The van der Waals surface area contributed by atoms with E-state index in [-0.39, 0.29) is 12.0 Å². The van der Waals surface area contributed by atoms with E-state index in [2.05, 4.69) is 10.1 Å². The van der Waals surface area contributed by atoms with Crippen molar-refractivity contribution in [3.05, 3.63) is 29.8 Å². The molecular weight excluding hydrogens is 286 g/mol. The second-order valence-electron chi connectivity index (χ2n) is 6.19. The van der Waals surface area contributed by atoms with Gasteiger partial charge in [0.2, 0.25) is 0 Å². The van der Waals surface area contributed by atoms with E-state index in [1.807, 2.05) is 12.1 Å². The fraction of sp³-hybridized carbons (Fsp3) is 0.500. The van der Waals surface area contributed by atoms with Gasteiger partial charge in [0, 0.05) is 17.5 Å². The highest BCUT2D eigenvalue weighted by molar-refractivity contribution is 5.69. The van der Waals surface area contributed by atoms with Crippen LogP contribution < -0.4 is 10.1 Å². The van der Waals surface area contributed by atoms with Crippen LogP contribution >= 0.6 is 0 Å². The Morgan fingerprint density at radius 3 is 2.55 bits per heavy atom. The third-order valence-electron chi connectivity index (χ3n) is 3.18. The zero-order valence-corrected chi connectivity index (χ0v) is 13.2. The zero-order chi connectivity index (χ0) is 16.3. The van der Waals surface area contributed by atoms with E-state index in [0.717, 1.165) is 12.0 Å². The first-order valence-corrected chi connectivity index (χ1v) is 7.14. The lowest BCUT2D eigenvalue weighted by Crippen LogP contribution is -2.27. The molecule has 0 aliphatic heterocycles. The van der Waals surface area contributed by atoms with Crippen molar-refractivity contribution in [2.45, 2.75) is 44.8 Å². The summed E-state index contributed by atoms with van der Waals surface area (Å²) in [6.07, 6.45) is -0.416. The van der Waals surface area contributed by atoms with Gasteiger partial charge in [0.15, 0.2) is 0 Å². The molecule has 1 aliphatic rings. The molecular formula is C16H21NO5. The molecule has 2 atom stereocenters. The smallest absolute Gasteiger partial charge is 0.453 e. The molecule has 1 saturated carbocycles. The van der Waals surface area contributed by atoms with Gasteiger partial charge in [0.05, 0.1) is 7.11 Å². The van der Waals surface area contributed by atoms with Crippen LogP contribution in [0.5, 0.6) is 5.75 Å². The van der Waals surface area contributed by atoms with Gasteiger partial charge in [-0.3, -0.25) is 0 Å². The predicted molar refractivity (Wildman–Crippen MR) is 80.0 cm³/mol. The van der Waals surface area contributed by atoms with E-state index in [0.29, 0.717) is 5.75 Å².